The maximum atomic E-state index is 12.9. The van der Waals surface area contributed by atoms with Crippen LogP contribution in [0.4, 0.5) is 10.1 Å². The van der Waals surface area contributed by atoms with Crippen molar-refractivity contribution in [3.05, 3.63) is 101 Å². The minimum absolute atomic E-state index is 0.167. The topological polar surface area (TPSA) is 66.5 Å². The number of carbonyl (C=O) groups excluding carboxylic acids is 1. The lowest BCUT2D eigenvalue weighted by atomic mass is 10.1. The van der Waals surface area contributed by atoms with E-state index in [1.807, 2.05) is 6.07 Å². The van der Waals surface area contributed by atoms with Gasteiger partial charge in [0.05, 0.1) is 18.5 Å². The first-order chi connectivity index (χ1) is 13.8. The fourth-order valence-electron chi connectivity index (χ4n) is 2.81. The first-order valence-corrected chi connectivity index (χ1v) is 10.8. The van der Waals surface area contributed by atoms with Crippen molar-refractivity contribution in [1.82, 2.24) is 5.32 Å². The molecule has 150 valence electrons. The number of carbonyl (C=O) groups is 1. The summed E-state index contributed by atoms with van der Waals surface area (Å²) in [5, 5.41) is 2.78. The molecule has 0 aliphatic heterocycles. The van der Waals surface area contributed by atoms with Gasteiger partial charge in [0.1, 0.15) is 5.82 Å². The van der Waals surface area contributed by atoms with Crippen LogP contribution in [0.3, 0.4) is 0 Å². The second-order valence-corrected chi connectivity index (χ2v) is 8.52. The van der Waals surface area contributed by atoms with Crippen LogP contribution in [0.2, 0.25) is 0 Å². The number of hydrogen-bond acceptors (Lipinski definition) is 3. The van der Waals surface area contributed by atoms with Crippen molar-refractivity contribution in [1.29, 1.82) is 0 Å². The van der Waals surface area contributed by atoms with Crippen molar-refractivity contribution >= 4 is 21.6 Å². The molecule has 0 atom stereocenters. The summed E-state index contributed by atoms with van der Waals surface area (Å²) in [6, 6.07) is 21.5. The Hall–Kier alpha value is -3.19. The highest BCUT2D eigenvalue weighted by Crippen LogP contribution is 2.20. The van der Waals surface area contributed by atoms with Gasteiger partial charge in [-0.25, -0.2) is 12.8 Å². The van der Waals surface area contributed by atoms with Gasteiger partial charge in [0.15, 0.2) is 0 Å². The van der Waals surface area contributed by atoms with Gasteiger partial charge in [-0.1, -0.05) is 42.5 Å². The third kappa shape index (κ3) is 5.65. The zero-order chi connectivity index (χ0) is 20.9. The molecule has 0 radical (unpaired) electrons. The van der Waals surface area contributed by atoms with E-state index in [1.165, 1.54) is 16.4 Å². The smallest absolute Gasteiger partial charge is 0.251 e. The van der Waals surface area contributed by atoms with E-state index in [0.29, 0.717) is 11.3 Å². The van der Waals surface area contributed by atoms with Gasteiger partial charge >= 0.3 is 0 Å². The monoisotopic (exact) mass is 412 g/mol. The molecule has 1 N–H and O–H groups in total. The summed E-state index contributed by atoms with van der Waals surface area (Å²) >= 11 is 0. The Bertz CT molecular complexity index is 1070. The van der Waals surface area contributed by atoms with Gasteiger partial charge in [-0.15, -0.1) is 0 Å². The summed E-state index contributed by atoms with van der Waals surface area (Å²) < 4.78 is 38.6. The molecule has 3 rings (SSSR count). The summed E-state index contributed by atoms with van der Waals surface area (Å²) in [5.41, 5.74) is 2.59. The average Bonchev–Trinajstić information content (AvgIpc) is 2.71. The number of halogens is 1. The van der Waals surface area contributed by atoms with Gasteiger partial charge in [0.2, 0.25) is 10.0 Å². The summed E-state index contributed by atoms with van der Waals surface area (Å²) in [5.74, 6) is -0.585. The molecule has 3 aromatic rings. The number of nitrogens with one attached hydrogen (secondary N) is 1. The van der Waals surface area contributed by atoms with Gasteiger partial charge in [-0.05, 0) is 47.5 Å². The lowest BCUT2D eigenvalue weighted by Gasteiger charge is -2.22. The first kappa shape index (κ1) is 20.5. The van der Waals surface area contributed by atoms with E-state index in [2.05, 4.69) is 5.32 Å². The van der Waals surface area contributed by atoms with Gasteiger partial charge < -0.3 is 5.32 Å². The van der Waals surface area contributed by atoms with Gasteiger partial charge in [0.25, 0.3) is 5.91 Å². The number of benzene rings is 3. The van der Waals surface area contributed by atoms with Crippen LogP contribution in [0.5, 0.6) is 0 Å². The Morgan fingerprint density at radius 3 is 2.07 bits per heavy atom. The van der Waals surface area contributed by atoms with Crippen LogP contribution in [0.1, 0.15) is 21.5 Å². The Morgan fingerprint density at radius 1 is 0.897 bits per heavy atom. The lowest BCUT2D eigenvalue weighted by Crippen LogP contribution is -2.29. The summed E-state index contributed by atoms with van der Waals surface area (Å²) in [6.45, 7) is 0.455. The van der Waals surface area contributed by atoms with Crippen LogP contribution in [0.25, 0.3) is 0 Å². The Morgan fingerprint density at radius 2 is 1.48 bits per heavy atom. The first-order valence-electron chi connectivity index (χ1n) is 8.97. The zero-order valence-electron chi connectivity index (χ0n) is 15.9. The van der Waals surface area contributed by atoms with Gasteiger partial charge in [-0.2, -0.15) is 0 Å². The van der Waals surface area contributed by atoms with Crippen molar-refractivity contribution in [2.24, 2.45) is 0 Å². The van der Waals surface area contributed by atoms with Crippen molar-refractivity contribution in [2.45, 2.75) is 13.1 Å². The molecule has 0 heterocycles. The van der Waals surface area contributed by atoms with Crippen LogP contribution in [-0.2, 0) is 23.1 Å². The van der Waals surface area contributed by atoms with Crippen molar-refractivity contribution in [2.75, 3.05) is 10.6 Å². The average molecular weight is 412 g/mol. The van der Waals surface area contributed by atoms with Crippen LogP contribution < -0.4 is 9.62 Å². The Labute approximate surface area is 169 Å². The minimum Gasteiger partial charge on any atom is -0.348 e. The van der Waals surface area contributed by atoms with Crippen LogP contribution in [0, 0.1) is 5.82 Å². The molecule has 0 aliphatic rings. The number of rotatable bonds is 7. The van der Waals surface area contributed by atoms with Crippen LogP contribution in [-0.4, -0.2) is 20.6 Å². The highest BCUT2D eigenvalue weighted by molar-refractivity contribution is 7.92. The maximum Gasteiger partial charge on any atom is 0.251 e. The molecule has 1 amide bonds. The quantitative estimate of drug-likeness (QED) is 0.643. The Balaban J connectivity index is 1.67. The summed E-state index contributed by atoms with van der Waals surface area (Å²) in [4.78, 5) is 12.3. The molecular formula is C22H21FN2O3S. The SMILES string of the molecule is CS(=O)(=O)N(Cc1ccc(C(=O)NCc2ccc(F)cc2)cc1)c1ccccc1. The largest absolute Gasteiger partial charge is 0.348 e. The van der Waals surface area contributed by atoms with Crippen LogP contribution >= 0.6 is 0 Å². The van der Waals surface area contributed by atoms with Crippen molar-refractivity contribution in [3.8, 4) is 0 Å². The van der Waals surface area contributed by atoms with E-state index < -0.39 is 10.0 Å². The molecule has 0 aliphatic carbocycles. The third-order valence-corrected chi connectivity index (χ3v) is 5.49. The van der Waals surface area contributed by atoms with E-state index in [1.54, 1.807) is 60.7 Å². The summed E-state index contributed by atoms with van der Waals surface area (Å²) in [7, 11) is -3.46. The molecule has 3 aromatic carbocycles. The zero-order valence-corrected chi connectivity index (χ0v) is 16.7. The predicted molar refractivity (Wildman–Crippen MR) is 111 cm³/mol. The lowest BCUT2D eigenvalue weighted by molar-refractivity contribution is 0.0951. The third-order valence-electron chi connectivity index (χ3n) is 4.35. The fourth-order valence-corrected chi connectivity index (χ4v) is 3.70. The molecule has 0 fully saturated rings. The van der Waals surface area contributed by atoms with Gasteiger partial charge in [0, 0.05) is 12.1 Å². The minimum atomic E-state index is -3.46. The maximum absolute atomic E-state index is 12.9. The van der Waals surface area contributed by atoms with Crippen molar-refractivity contribution in [3.63, 3.8) is 0 Å². The molecule has 0 saturated heterocycles. The fraction of sp³-hybridized carbons (Fsp3) is 0.136. The van der Waals surface area contributed by atoms with E-state index >= 15 is 0 Å². The highest BCUT2D eigenvalue weighted by Gasteiger charge is 2.17. The van der Waals surface area contributed by atoms with Gasteiger partial charge in [-0.3, -0.25) is 9.10 Å². The molecule has 29 heavy (non-hydrogen) atoms. The number of nitrogens with zero attached hydrogens (tertiary/aromatic N) is 1. The highest BCUT2D eigenvalue weighted by atomic mass is 32.2. The molecule has 0 aromatic heterocycles. The van der Waals surface area contributed by atoms with E-state index in [0.717, 1.165) is 17.4 Å². The molecular weight excluding hydrogens is 391 g/mol. The molecule has 0 unspecified atom stereocenters. The molecule has 0 spiro atoms. The van der Waals surface area contributed by atoms with E-state index in [4.69, 9.17) is 0 Å². The number of sulfonamides is 1. The van der Waals surface area contributed by atoms with Crippen LogP contribution in [0.15, 0.2) is 78.9 Å². The van der Waals surface area contributed by atoms with E-state index in [-0.39, 0.29) is 24.8 Å². The summed E-state index contributed by atoms with van der Waals surface area (Å²) in [6.07, 6.45) is 1.16. The molecule has 0 saturated carbocycles. The number of hydrogen-bond donors (Lipinski definition) is 1. The second-order valence-electron chi connectivity index (χ2n) is 6.61. The molecule has 7 heteroatoms. The number of amides is 1. The molecule has 0 bridgehead atoms. The molecule has 5 nitrogen and oxygen atoms in total. The Kier molecular flexibility index (Phi) is 6.29. The second kappa shape index (κ2) is 8.87. The number of anilines is 1. The normalized spacial score (nSPS) is 11.1. The standard InChI is InChI=1S/C22H21FN2O3S/c1-29(27,28)25(21-5-3-2-4-6-21)16-18-7-11-19(12-8-18)22(26)24-15-17-9-13-20(23)14-10-17/h2-14H,15-16H2,1H3,(H,24,26). The van der Waals surface area contributed by atoms with E-state index in [9.17, 15) is 17.6 Å². The predicted octanol–water partition coefficient (Wildman–Crippen LogP) is 3.72. The van der Waals surface area contributed by atoms with Crippen molar-refractivity contribution < 1.29 is 17.6 Å². The number of para-hydroxylation sites is 1.